The second-order valence-corrected chi connectivity index (χ2v) is 3.73. The smallest absolute Gasteiger partial charge is 0.162 e. The minimum absolute atomic E-state index is 0.170. The van der Waals surface area contributed by atoms with E-state index >= 15 is 0 Å². The van der Waals surface area contributed by atoms with Crippen molar-refractivity contribution in [3.8, 4) is 5.69 Å². The number of hydrogen-bond acceptors (Lipinski definition) is 2. The van der Waals surface area contributed by atoms with Crippen LogP contribution in [-0.2, 0) is 0 Å². The van der Waals surface area contributed by atoms with Gasteiger partial charge in [-0.15, -0.1) is 0 Å². The van der Waals surface area contributed by atoms with Crippen molar-refractivity contribution in [1.82, 2.24) is 9.78 Å². The van der Waals surface area contributed by atoms with Gasteiger partial charge in [-0.1, -0.05) is 6.92 Å². The third kappa shape index (κ3) is 2.03. The van der Waals surface area contributed by atoms with Crippen LogP contribution in [0.3, 0.4) is 0 Å². The second kappa shape index (κ2) is 4.31. The highest BCUT2D eigenvalue weighted by atomic mass is 16.1. The van der Waals surface area contributed by atoms with E-state index in [-0.39, 0.29) is 5.78 Å². The number of benzene rings is 1. The standard InChI is InChI=1S/C13H14N2O/c1-3-13(16)11-4-6-12(7-5-11)15-9-8-10(2)14-15/h4-9H,3H2,1-2H3. The van der Waals surface area contributed by atoms with Crippen LogP contribution < -0.4 is 0 Å². The molecule has 0 fully saturated rings. The van der Waals surface area contributed by atoms with Crippen LogP contribution >= 0.6 is 0 Å². The minimum atomic E-state index is 0.170. The largest absolute Gasteiger partial charge is 0.294 e. The summed E-state index contributed by atoms with van der Waals surface area (Å²) in [7, 11) is 0. The van der Waals surface area contributed by atoms with Crippen molar-refractivity contribution in [3.05, 3.63) is 47.8 Å². The number of ketones is 1. The Bertz CT molecular complexity index is 497. The molecule has 2 aromatic rings. The molecule has 0 spiro atoms. The van der Waals surface area contributed by atoms with Crippen LogP contribution in [0, 0.1) is 6.92 Å². The Kier molecular flexibility index (Phi) is 2.86. The van der Waals surface area contributed by atoms with E-state index in [9.17, 15) is 4.79 Å². The molecule has 0 aliphatic rings. The first-order chi connectivity index (χ1) is 7.70. The molecule has 1 heterocycles. The first-order valence-corrected chi connectivity index (χ1v) is 5.36. The van der Waals surface area contributed by atoms with Crippen molar-refractivity contribution in [2.24, 2.45) is 0 Å². The van der Waals surface area contributed by atoms with E-state index in [1.165, 1.54) is 0 Å². The first-order valence-electron chi connectivity index (χ1n) is 5.36. The fraction of sp³-hybridized carbons (Fsp3) is 0.231. The van der Waals surface area contributed by atoms with Crippen LogP contribution in [0.5, 0.6) is 0 Å². The average molecular weight is 214 g/mol. The van der Waals surface area contributed by atoms with Gasteiger partial charge in [0.15, 0.2) is 5.78 Å². The zero-order valence-electron chi connectivity index (χ0n) is 9.47. The third-order valence-electron chi connectivity index (χ3n) is 2.50. The van der Waals surface area contributed by atoms with Crippen molar-refractivity contribution in [1.29, 1.82) is 0 Å². The molecule has 1 aromatic carbocycles. The zero-order chi connectivity index (χ0) is 11.5. The number of aryl methyl sites for hydroxylation is 1. The van der Waals surface area contributed by atoms with Gasteiger partial charge in [-0.2, -0.15) is 5.10 Å². The maximum Gasteiger partial charge on any atom is 0.162 e. The Morgan fingerprint density at radius 2 is 1.94 bits per heavy atom. The summed E-state index contributed by atoms with van der Waals surface area (Å²) in [5.74, 6) is 0.170. The Morgan fingerprint density at radius 1 is 1.25 bits per heavy atom. The highest BCUT2D eigenvalue weighted by molar-refractivity contribution is 5.95. The Labute approximate surface area is 94.7 Å². The van der Waals surface area contributed by atoms with Crippen LogP contribution in [0.25, 0.3) is 5.69 Å². The van der Waals surface area contributed by atoms with Gasteiger partial charge in [0.1, 0.15) is 0 Å². The molecule has 3 nitrogen and oxygen atoms in total. The van der Waals surface area contributed by atoms with E-state index in [0.717, 1.165) is 16.9 Å². The lowest BCUT2D eigenvalue weighted by molar-refractivity contribution is 0.0988. The summed E-state index contributed by atoms with van der Waals surface area (Å²) in [5.41, 5.74) is 2.71. The van der Waals surface area contributed by atoms with E-state index in [1.54, 1.807) is 4.68 Å². The molecule has 16 heavy (non-hydrogen) atoms. The van der Waals surface area contributed by atoms with Crippen LogP contribution in [0.4, 0.5) is 0 Å². The lowest BCUT2D eigenvalue weighted by atomic mass is 10.1. The molecule has 0 N–H and O–H groups in total. The van der Waals surface area contributed by atoms with Gasteiger partial charge in [-0.05, 0) is 37.3 Å². The molecular formula is C13H14N2O. The number of carbonyl (C=O) groups is 1. The quantitative estimate of drug-likeness (QED) is 0.736. The van der Waals surface area contributed by atoms with Gasteiger partial charge in [-0.25, -0.2) is 4.68 Å². The Balaban J connectivity index is 2.29. The minimum Gasteiger partial charge on any atom is -0.294 e. The van der Waals surface area contributed by atoms with Crippen molar-refractivity contribution < 1.29 is 4.79 Å². The van der Waals surface area contributed by atoms with Crippen LogP contribution in [0.1, 0.15) is 29.4 Å². The number of hydrogen-bond donors (Lipinski definition) is 0. The third-order valence-corrected chi connectivity index (χ3v) is 2.50. The van der Waals surface area contributed by atoms with E-state index in [0.29, 0.717) is 6.42 Å². The van der Waals surface area contributed by atoms with Gasteiger partial charge in [0.2, 0.25) is 0 Å². The molecule has 82 valence electrons. The molecule has 0 aliphatic carbocycles. The molecular weight excluding hydrogens is 200 g/mol. The molecule has 0 amide bonds. The van der Waals surface area contributed by atoms with Gasteiger partial charge >= 0.3 is 0 Å². The van der Waals surface area contributed by atoms with Crippen LogP contribution in [-0.4, -0.2) is 15.6 Å². The molecule has 0 atom stereocenters. The summed E-state index contributed by atoms with van der Waals surface area (Å²) < 4.78 is 1.80. The lowest BCUT2D eigenvalue weighted by Crippen LogP contribution is -1.99. The highest BCUT2D eigenvalue weighted by Gasteiger charge is 2.03. The summed E-state index contributed by atoms with van der Waals surface area (Å²) >= 11 is 0. The molecule has 0 radical (unpaired) electrons. The average Bonchev–Trinajstić information content (AvgIpc) is 2.75. The molecule has 0 saturated carbocycles. The van der Waals surface area contributed by atoms with Gasteiger partial charge in [0.25, 0.3) is 0 Å². The molecule has 2 rings (SSSR count). The Hall–Kier alpha value is -1.90. The summed E-state index contributed by atoms with van der Waals surface area (Å²) in [5, 5.41) is 4.31. The number of carbonyl (C=O) groups excluding carboxylic acids is 1. The maximum atomic E-state index is 11.4. The van der Waals surface area contributed by atoms with Crippen molar-refractivity contribution >= 4 is 5.78 Å². The molecule has 0 saturated heterocycles. The van der Waals surface area contributed by atoms with Crippen molar-refractivity contribution in [2.75, 3.05) is 0 Å². The number of rotatable bonds is 3. The molecule has 0 aliphatic heterocycles. The second-order valence-electron chi connectivity index (χ2n) is 3.73. The van der Waals surface area contributed by atoms with Gasteiger partial charge < -0.3 is 0 Å². The number of nitrogens with zero attached hydrogens (tertiary/aromatic N) is 2. The maximum absolute atomic E-state index is 11.4. The SMILES string of the molecule is CCC(=O)c1ccc(-n2ccc(C)n2)cc1. The van der Waals surface area contributed by atoms with Crippen LogP contribution in [0.2, 0.25) is 0 Å². The molecule has 0 unspecified atom stereocenters. The van der Waals surface area contributed by atoms with Gasteiger partial charge in [0, 0.05) is 18.2 Å². The predicted octanol–water partition coefficient (Wildman–Crippen LogP) is 2.77. The summed E-state index contributed by atoms with van der Waals surface area (Å²) in [4.78, 5) is 11.4. The lowest BCUT2D eigenvalue weighted by Gasteiger charge is -2.02. The van der Waals surface area contributed by atoms with Crippen molar-refractivity contribution in [2.45, 2.75) is 20.3 Å². The zero-order valence-corrected chi connectivity index (χ0v) is 9.47. The van der Waals surface area contributed by atoms with Crippen LogP contribution in [0.15, 0.2) is 36.5 Å². The highest BCUT2D eigenvalue weighted by Crippen LogP contribution is 2.10. The summed E-state index contributed by atoms with van der Waals surface area (Å²) in [6.45, 7) is 3.82. The summed E-state index contributed by atoms with van der Waals surface area (Å²) in [6.07, 6.45) is 2.45. The summed E-state index contributed by atoms with van der Waals surface area (Å²) in [6, 6.07) is 9.46. The van der Waals surface area contributed by atoms with E-state index in [2.05, 4.69) is 5.10 Å². The Morgan fingerprint density at radius 3 is 2.44 bits per heavy atom. The van der Waals surface area contributed by atoms with E-state index < -0.39 is 0 Å². The monoisotopic (exact) mass is 214 g/mol. The van der Waals surface area contributed by atoms with E-state index in [4.69, 9.17) is 0 Å². The predicted molar refractivity (Wildman–Crippen MR) is 62.9 cm³/mol. The van der Waals surface area contributed by atoms with E-state index in [1.807, 2.05) is 50.4 Å². The molecule has 0 bridgehead atoms. The number of aromatic nitrogens is 2. The van der Waals surface area contributed by atoms with Gasteiger partial charge in [-0.3, -0.25) is 4.79 Å². The fourth-order valence-corrected chi connectivity index (χ4v) is 1.56. The number of Topliss-reactive ketones (excluding diaryl/α,β-unsaturated/α-hetero) is 1. The van der Waals surface area contributed by atoms with Gasteiger partial charge in [0.05, 0.1) is 11.4 Å². The molecule has 3 heteroatoms. The topological polar surface area (TPSA) is 34.9 Å². The van der Waals surface area contributed by atoms with Crippen molar-refractivity contribution in [3.63, 3.8) is 0 Å². The normalized spacial score (nSPS) is 10.4. The first kappa shape index (κ1) is 10.6. The molecule has 1 aromatic heterocycles. The fourth-order valence-electron chi connectivity index (χ4n) is 1.56.